The first-order valence-electron chi connectivity index (χ1n) is 7.15. The Morgan fingerprint density at radius 1 is 1.00 bits per heavy atom. The molecule has 0 aromatic heterocycles. The van der Waals surface area contributed by atoms with E-state index in [1.54, 1.807) is 21.3 Å². The lowest BCUT2D eigenvalue weighted by Gasteiger charge is -2.39. The molecule has 4 heteroatoms. The molecule has 0 atom stereocenters. The molecule has 0 heterocycles. The number of benzene rings is 1. The van der Waals surface area contributed by atoms with Gasteiger partial charge in [0.15, 0.2) is 11.5 Å². The van der Waals surface area contributed by atoms with Crippen molar-refractivity contribution in [2.24, 2.45) is 11.8 Å². The first-order valence-corrected chi connectivity index (χ1v) is 7.15. The quantitative estimate of drug-likeness (QED) is 0.864. The Hall–Kier alpha value is -1.58. The van der Waals surface area contributed by atoms with E-state index in [-0.39, 0.29) is 0 Å². The number of rotatable bonds is 6. The maximum atomic E-state index is 5.37. The van der Waals surface area contributed by atoms with Crippen molar-refractivity contribution in [3.05, 3.63) is 12.1 Å². The van der Waals surface area contributed by atoms with Crippen LogP contribution in [0.1, 0.15) is 26.7 Å². The van der Waals surface area contributed by atoms with Crippen molar-refractivity contribution in [1.29, 1.82) is 0 Å². The monoisotopic (exact) mass is 279 g/mol. The molecule has 0 saturated heterocycles. The first kappa shape index (κ1) is 14.8. The average Bonchev–Trinajstić information content (AvgIpc) is 2.40. The lowest BCUT2D eigenvalue weighted by atomic mass is 9.73. The van der Waals surface area contributed by atoms with Crippen molar-refractivity contribution in [2.45, 2.75) is 32.7 Å². The maximum absolute atomic E-state index is 5.37. The summed E-state index contributed by atoms with van der Waals surface area (Å²) in [6.07, 6.45) is 2.46. The van der Waals surface area contributed by atoms with Crippen LogP contribution in [0.25, 0.3) is 0 Å². The summed E-state index contributed by atoms with van der Waals surface area (Å²) in [6.45, 7) is 4.58. The Bertz CT molecular complexity index is 428. The molecule has 112 valence electrons. The highest BCUT2D eigenvalue weighted by Gasteiger charge is 2.31. The zero-order valence-corrected chi connectivity index (χ0v) is 13.0. The van der Waals surface area contributed by atoms with Crippen molar-refractivity contribution in [2.75, 3.05) is 26.6 Å². The van der Waals surface area contributed by atoms with Crippen LogP contribution in [0.4, 0.5) is 5.69 Å². The van der Waals surface area contributed by atoms with Gasteiger partial charge in [-0.25, -0.2) is 0 Å². The molecule has 0 aliphatic heterocycles. The van der Waals surface area contributed by atoms with E-state index >= 15 is 0 Å². The zero-order valence-electron chi connectivity index (χ0n) is 13.0. The fourth-order valence-electron chi connectivity index (χ4n) is 2.72. The molecule has 0 radical (unpaired) electrons. The van der Waals surface area contributed by atoms with E-state index in [1.165, 1.54) is 12.8 Å². The highest BCUT2D eigenvalue weighted by atomic mass is 16.5. The van der Waals surface area contributed by atoms with Gasteiger partial charge in [0.05, 0.1) is 21.3 Å². The van der Waals surface area contributed by atoms with Gasteiger partial charge in [0.2, 0.25) is 5.75 Å². The number of ether oxygens (including phenoxy) is 3. The molecule has 1 saturated carbocycles. The summed E-state index contributed by atoms with van der Waals surface area (Å²) in [4.78, 5) is 0. The van der Waals surface area contributed by atoms with E-state index in [0.717, 1.165) is 17.5 Å². The van der Waals surface area contributed by atoms with E-state index in [4.69, 9.17) is 14.2 Å². The predicted molar refractivity (Wildman–Crippen MR) is 81.1 cm³/mol. The molecule has 2 rings (SSSR count). The van der Waals surface area contributed by atoms with E-state index < -0.39 is 0 Å². The highest BCUT2D eigenvalue weighted by Crippen LogP contribution is 2.42. The zero-order chi connectivity index (χ0) is 14.7. The predicted octanol–water partition coefficient (Wildman–Crippen LogP) is 3.56. The van der Waals surface area contributed by atoms with E-state index in [2.05, 4.69) is 19.2 Å². The molecule has 0 amide bonds. The summed E-state index contributed by atoms with van der Waals surface area (Å²) >= 11 is 0. The van der Waals surface area contributed by atoms with Crippen LogP contribution in [-0.2, 0) is 0 Å². The van der Waals surface area contributed by atoms with Crippen molar-refractivity contribution in [3.8, 4) is 17.2 Å². The molecule has 0 bridgehead atoms. The molecule has 20 heavy (non-hydrogen) atoms. The third-order valence-electron chi connectivity index (χ3n) is 4.15. The minimum absolute atomic E-state index is 0.546. The van der Waals surface area contributed by atoms with Gasteiger partial charge < -0.3 is 19.5 Å². The van der Waals surface area contributed by atoms with Gasteiger partial charge in [-0.3, -0.25) is 0 Å². The highest BCUT2D eigenvalue weighted by molar-refractivity contribution is 5.63. The van der Waals surface area contributed by atoms with Crippen LogP contribution in [0.5, 0.6) is 17.2 Å². The molecule has 4 nitrogen and oxygen atoms in total. The molecule has 1 aromatic carbocycles. The fraction of sp³-hybridized carbons (Fsp3) is 0.625. The molecule has 1 N–H and O–H groups in total. The fourth-order valence-corrected chi connectivity index (χ4v) is 2.72. The molecular weight excluding hydrogens is 254 g/mol. The van der Waals surface area contributed by atoms with Crippen LogP contribution < -0.4 is 19.5 Å². The molecule has 1 aliphatic carbocycles. The van der Waals surface area contributed by atoms with Crippen molar-refractivity contribution < 1.29 is 14.2 Å². The van der Waals surface area contributed by atoms with Gasteiger partial charge in [-0.2, -0.15) is 0 Å². The van der Waals surface area contributed by atoms with Gasteiger partial charge in [0.1, 0.15) is 0 Å². The van der Waals surface area contributed by atoms with Crippen LogP contribution in [0.15, 0.2) is 12.1 Å². The Balaban J connectivity index is 2.09. The number of hydrogen-bond donors (Lipinski definition) is 1. The van der Waals surface area contributed by atoms with Crippen LogP contribution in [0.3, 0.4) is 0 Å². The Labute approximate surface area is 121 Å². The second kappa shape index (κ2) is 6.25. The largest absolute Gasteiger partial charge is 0.493 e. The average molecular weight is 279 g/mol. The second-order valence-electron chi connectivity index (χ2n) is 5.73. The van der Waals surface area contributed by atoms with Gasteiger partial charge in [-0.05, 0) is 24.7 Å². The van der Waals surface area contributed by atoms with Gasteiger partial charge in [-0.15, -0.1) is 0 Å². The Morgan fingerprint density at radius 2 is 1.55 bits per heavy atom. The second-order valence-corrected chi connectivity index (χ2v) is 5.73. The normalized spacial score (nSPS) is 21.3. The number of hydrogen-bond acceptors (Lipinski definition) is 4. The van der Waals surface area contributed by atoms with Crippen LogP contribution >= 0.6 is 0 Å². The van der Waals surface area contributed by atoms with Crippen LogP contribution in [0, 0.1) is 11.8 Å². The van der Waals surface area contributed by atoms with E-state index in [0.29, 0.717) is 23.3 Å². The molecule has 1 aliphatic rings. The van der Waals surface area contributed by atoms with Crippen molar-refractivity contribution in [1.82, 2.24) is 0 Å². The molecule has 1 fully saturated rings. The van der Waals surface area contributed by atoms with Crippen molar-refractivity contribution >= 4 is 5.69 Å². The van der Waals surface area contributed by atoms with E-state index in [1.807, 2.05) is 12.1 Å². The lowest BCUT2D eigenvalue weighted by Crippen LogP contribution is -2.37. The van der Waals surface area contributed by atoms with Crippen molar-refractivity contribution in [3.63, 3.8) is 0 Å². The summed E-state index contributed by atoms with van der Waals surface area (Å²) in [7, 11) is 4.89. The molecule has 0 unspecified atom stereocenters. The molecule has 0 spiro atoms. The minimum Gasteiger partial charge on any atom is -0.493 e. The summed E-state index contributed by atoms with van der Waals surface area (Å²) in [5.74, 6) is 3.62. The standard InChI is InChI=1S/C16H25NO3/c1-10(2)11-6-12(7-11)17-13-8-14(18-3)16(20-5)15(9-13)19-4/h8-12,17H,6-7H2,1-5H3. The minimum atomic E-state index is 0.546. The van der Waals surface area contributed by atoms with Gasteiger partial charge in [-0.1, -0.05) is 13.8 Å². The third-order valence-corrected chi connectivity index (χ3v) is 4.15. The number of nitrogens with one attached hydrogen (secondary N) is 1. The first-order chi connectivity index (χ1) is 9.58. The summed E-state index contributed by atoms with van der Waals surface area (Å²) in [5, 5.41) is 3.55. The van der Waals surface area contributed by atoms with Gasteiger partial charge in [0.25, 0.3) is 0 Å². The van der Waals surface area contributed by atoms with E-state index in [9.17, 15) is 0 Å². The Kier molecular flexibility index (Phi) is 4.63. The molecule has 1 aromatic rings. The molecular formula is C16H25NO3. The number of methoxy groups -OCH3 is 3. The third kappa shape index (κ3) is 2.94. The summed E-state index contributed by atoms with van der Waals surface area (Å²) in [5.41, 5.74) is 1.02. The van der Waals surface area contributed by atoms with Gasteiger partial charge in [0, 0.05) is 23.9 Å². The summed E-state index contributed by atoms with van der Waals surface area (Å²) < 4.78 is 16.1. The number of anilines is 1. The lowest BCUT2D eigenvalue weighted by molar-refractivity contribution is 0.211. The summed E-state index contributed by atoms with van der Waals surface area (Å²) in [6, 6.07) is 4.47. The maximum Gasteiger partial charge on any atom is 0.203 e. The van der Waals surface area contributed by atoms with Crippen LogP contribution in [-0.4, -0.2) is 27.4 Å². The topological polar surface area (TPSA) is 39.7 Å². The van der Waals surface area contributed by atoms with Gasteiger partial charge >= 0.3 is 0 Å². The Morgan fingerprint density at radius 3 is 1.95 bits per heavy atom. The smallest absolute Gasteiger partial charge is 0.203 e. The SMILES string of the molecule is COc1cc(NC2CC(C(C)C)C2)cc(OC)c1OC. The van der Waals surface area contributed by atoms with Crippen LogP contribution in [0.2, 0.25) is 0 Å².